The van der Waals surface area contributed by atoms with Crippen molar-refractivity contribution < 1.29 is 4.74 Å². The molecule has 2 aromatic carbocycles. The molecule has 2 rings (SSSR count). The summed E-state index contributed by atoms with van der Waals surface area (Å²) in [5, 5.41) is 0.582. The predicted octanol–water partition coefficient (Wildman–Crippen LogP) is 5.10. The molecule has 1 unspecified atom stereocenters. The molecule has 0 heterocycles. The summed E-state index contributed by atoms with van der Waals surface area (Å²) in [5.41, 5.74) is 7.90. The molecule has 2 nitrogen and oxygen atoms in total. The van der Waals surface area contributed by atoms with Crippen molar-refractivity contribution in [3.8, 4) is 11.5 Å². The van der Waals surface area contributed by atoms with Crippen LogP contribution in [-0.4, -0.2) is 0 Å². The maximum atomic E-state index is 6.18. The summed E-state index contributed by atoms with van der Waals surface area (Å²) in [6.07, 6.45) is 1.13. The van der Waals surface area contributed by atoms with E-state index in [0.717, 1.165) is 17.7 Å². The number of nitrogens with two attached hydrogens (primary N) is 1. The molecule has 0 aliphatic carbocycles. The number of rotatable bonds is 5. The first-order chi connectivity index (χ1) is 9.63. The SMILES string of the molecule is CCC(C)c1ccc(Oc2ccc(CN)cc2Cl)cc1. The molecule has 0 saturated heterocycles. The number of ether oxygens (including phenoxy) is 1. The average molecular weight is 290 g/mol. The van der Waals surface area contributed by atoms with E-state index in [0.29, 0.717) is 23.2 Å². The molecule has 0 aliphatic heterocycles. The van der Waals surface area contributed by atoms with Gasteiger partial charge in [-0.2, -0.15) is 0 Å². The maximum Gasteiger partial charge on any atom is 0.146 e. The first kappa shape index (κ1) is 14.9. The molecule has 106 valence electrons. The lowest BCUT2D eigenvalue weighted by molar-refractivity contribution is 0.482. The van der Waals surface area contributed by atoms with Gasteiger partial charge >= 0.3 is 0 Å². The fourth-order valence-corrected chi connectivity index (χ4v) is 2.22. The van der Waals surface area contributed by atoms with Crippen molar-refractivity contribution in [2.24, 2.45) is 5.73 Å². The molecule has 3 heteroatoms. The Bertz CT molecular complexity index is 566. The second-order valence-corrected chi connectivity index (χ2v) is 5.36. The third-order valence-corrected chi connectivity index (χ3v) is 3.82. The minimum Gasteiger partial charge on any atom is -0.456 e. The predicted molar refractivity (Wildman–Crippen MR) is 84.6 cm³/mol. The van der Waals surface area contributed by atoms with Gasteiger partial charge in [-0.25, -0.2) is 0 Å². The lowest BCUT2D eigenvalue weighted by Gasteiger charge is -2.11. The van der Waals surface area contributed by atoms with Crippen molar-refractivity contribution in [2.45, 2.75) is 32.7 Å². The Kier molecular flexibility index (Phi) is 5.05. The molecule has 0 amide bonds. The van der Waals surface area contributed by atoms with E-state index in [2.05, 4.69) is 26.0 Å². The van der Waals surface area contributed by atoms with Gasteiger partial charge in [-0.05, 0) is 47.7 Å². The number of benzene rings is 2. The summed E-state index contributed by atoms with van der Waals surface area (Å²) < 4.78 is 5.80. The van der Waals surface area contributed by atoms with Crippen molar-refractivity contribution in [3.05, 3.63) is 58.6 Å². The zero-order valence-electron chi connectivity index (χ0n) is 11.9. The standard InChI is InChI=1S/C17H20ClNO/c1-3-12(2)14-5-7-15(8-6-14)20-17-9-4-13(11-19)10-16(17)18/h4-10,12H,3,11,19H2,1-2H3. The van der Waals surface area contributed by atoms with Crippen molar-refractivity contribution in [1.82, 2.24) is 0 Å². The second-order valence-electron chi connectivity index (χ2n) is 4.95. The van der Waals surface area contributed by atoms with Crippen molar-refractivity contribution >= 4 is 11.6 Å². The van der Waals surface area contributed by atoms with Crippen LogP contribution in [0.5, 0.6) is 11.5 Å². The quantitative estimate of drug-likeness (QED) is 0.830. The highest BCUT2D eigenvalue weighted by Crippen LogP contribution is 2.31. The number of halogens is 1. The zero-order valence-corrected chi connectivity index (χ0v) is 12.7. The van der Waals surface area contributed by atoms with Crippen molar-refractivity contribution in [3.63, 3.8) is 0 Å². The minimum atomic E-state index is 0.476. The summed E-state index contributed by atoms with van der Waals surface area (Å²) in [7, 11) is 0. The molecule has 1 atom stereocenters. The van der Waals surface area contributed by atoms with Crippen LogP contribution in [0.1, 0.15) is 37.3 Å². The highest BCUT2D eigenvalue weighted by atomic mass is 35.5. The minimum absolute atomic E-state index is 0.476. The topological polar surface area (TPSA) is 35.2 Å². The summed E-state index contributed by atoms with van der Waals surface area (Å²) >= 11 is 6.18. The Morgan fingerprint density at radius 2 is 1.85 bits per heavy atom. The maximum absolute atomic E-state index is 6.18. The average Bonchev–Trinajstić information content (AvgIpc) is 2.49. The van der Waals surface area contributed by atoms with Crippen LogP contribution < -0.4 is 10.5 Å². The summed E-state index contributed by atoms with van der Waals surface area (Å²) in [6.45, 7) is 4.88. The molecule has 2 N–H and O–H groups in total. The number of hydrogen-bond acceptors (Lipinski definition) is 2. The summed E-state index contributed by atoms with van der Waals surface area (Å²) in [5.74, 6) is 2.01. The van der Waals surface area contributed by atoms with E-state index in [1.54, 1.807) is 0 Å². The third kappa shape index (κ3) is 3.53. The fraction of sp³-hybridized carbons (Fsp3) is 0.294. The van der Waals surface area contributed by atoms with Crippen molar-refractivity contribution in [1.29, 1.82) is 0 Å². The monoisotopic (exact) mass is 289 g/mol. The Hall–Kier alpha value is -1.51. The highest BCUT2D eigenvalue weighted by molar-refractivity contribution is 6.32. The van der Waals surface area contributed by atoms with Crippen LogP contribution in [0, 0.1) is 0 Å². The van der Waals surface area contributed by atoms with E-state index < -0.39 is 0 Å². The molecular weight excluding hydrogens is 270 g/mol. The first-order valence-electron chi connectivity index (χ1n) is 6.90. The van der Waals surface area contributed by atoms with Crippen molar-refractivity contribution in [2.75, 3.05) is 0 Å². The smallest absolute Gasteiger partial charge is 0.146 e. The van der Waals surface area contributed by atoms with Crippen LogP contribution in [0.25, 0.3) is 0 Å². The van der Waals surface area contributed by atoms with Gasteiger partial charge in [0.25, 0.3) is 0 Å². The summed E-state index contributed by atoms with van der Waals surface area (Å²) in [4.78, 5) is 0. The van der Waals surface area contributed by atoms with E-state index >= 15 is 0 Å². The Morgan fingerprint density at radius 3 is 2.40 bits per heavy atom. The van der Waals surface area contributed by atoms with Gasteiger partial charge in [-0.3, -0.25) is 0 Å². The Balaban J connectivity index is 2.14. The molecule has 0 aromatic heterocycles. The molecule has 0 bridgehead atoms. The molecule has 20 heavy (non-hydrogen) atoms. The molecule has 0 spiro atoms. The van der Waals surface area contributed by atoms with Crippen LogP contribution in [-0.2, 0) is 6.54 Å². The normalized spacial score (nSPS) is 12.2. The van der Waals surface area contributed by atoms with Gasteiger partial charge in [0.2, 0.25) is 0 Å². The van der Waals surface area contributed by atoms with E-state index in [9.17, 15) is 0 Å². The van der Waals surface area contributed by atoms with Crippen LogP contribution in [0.3, 0.4) is 0 Å². The van der Waals surface area contributed by atoms with Gasteiger partial charge in [0.05, 0.1) is 5.02 Å². The van der Waals surface area contributed by atoms with Gasteiger partial charge < -0.3 is 10.5 Å². The largest absolute Gasteiger partial charge is 0.456 e. The zero-order chi connectivity index (χ0) is 14.5. The van der Waals surface area contributed by atoms with Gasteiger partial charge in [-0.15, -0.1) is 0 Å². The van der Waals surface area contributed by atoms with Crippen LogP contribution in [0.2, 0.25) is 5.02 Å². The lowest BCUT2D eigenvalue weighted by atomic mass is 9.99. The third-order valence-electron chi connectivity index (χ3n) is 3.52. The van der Waals surface area contributed by atoms with Gasteiger partial charge in [0.1, 0.15) is 11.5 Å². The second kappa shape index (κ2) is 6.78. The fourth-order valence-electron chi connectivity index (χ4n) is 1.98. The van der Waals surface area contributed by atoms with E-state index in [1.165, 1.54) is 5.56 Å². The number of hydrogen-bond donors (Lipinski definition) is 1. The highest BCUT2D eigenvalue weighted by Gasteiger charge is 2.06. The van der Waals surface area contributed by atoms with Crippen LogP contribution in [0.15, 0.2) is 42.5 Å². The Labute approximate surface area is 125 Å². The molecular formula is C17H20ClNO. The van der Waals surface area contributed by atoms with Gasteiger partial charge in [-0.1, -0.05) is 43.6 Å². The van der Waals surface area contributed by atoms with Gasteiger partial charge in [0, 0.05) is 6.54 Å². The Morgan fingerprint density at radius 1 is 1.15 bits per heavy atom. The molecule has 0 radical (unpaired) electrons. The molecule has 0 fully saturated rings. The van der Waals surface area contributed by atoms with Gasteiger partial charge in [0.15, 0.2) is 0 Å². The van der Waals surface area contributed by atoms with E-state index in [1.807, 2.05) is 30.3 Å². The lowest BCUT2D eigenvalue weighted by Crippen LogP contribution is -1.96. The molecule has 2 aromatic rings. The van der Waals surface area contributed by atoms with E-state index in [4.69, 9.17) is 22.1 Å². The molecule has 0 saturated carbocycles. The van der Waals surface area contributed by atoms with Crippen LogP contribution >= 0.6 is 11.6 Å². The van der Waals surface area contributed by atoms with Crippen LogP contribution in [0.4, 0.5) is 0 Å². The first-order valence-corrected chi connectivity index (χ1v) is 7.28. The summed E-state index contributed by atoms with van der Waals surface area (Å²) in [6, 6.07) is 13.8. The molecule has 0 aliphatic rings. The van der Waals surface area contributed by atoms with E-state index in [-0.39, 0.29) is 0 Å².